The number of rotatable bonds is 6. The molecule has 0 aliphatic heterocycles. The Morgan fingerprint density at radius 2 is 2.20 bits per heavy atom. The van der Waals surface area contributed by atoms with E-state index >= 15 is 0 Å². The van der Waals surface area contributed by atoms with Crippen LogP contribution in [0.25, 0.3) is 0 Å². The predicted molar refractivity (Wildman–Crippen MR) is 80.0 cm³/mol. The van der Waals surface area contributed by atoms with E-state index in [9.17, 15) is 4.79 Å². The molecule has 0 spiro atoms. The molecule has 1 saturated carbocycles. The van der Waals surface area contributed by atoms with E-state index in [1.165, 1.54) is 6.33 Å². The van der Waals surface area contributed by atoms with Crippen molar-refractivity contribution in [1.29, 1.82) is 0 Å². The molecule has 1 fully saturated rings. The number of thiocarbonyl (C=S) groups is 1. The van der Waals surface area contributed by atoms with Crippen LogP contribution in [-0.2, 0) is 11.2 Å². The van der Waals surface area contributed by atoms with E-state index in [4.69, 9.17) is 18.0 Å². The zero-order valence-corrected chi connectivity index (χ0v) is 12.3. The fourth-order valence-corrected chi connectivity index (χ4v) is 3.02. The van der Waals surface area contributed by atoms with Crippen LogP contribution in [0.3, 0.4) is 0 Å². The Morgan fingerprint density at radius 1 is 1.45 bits per heavy atom. The van der Waals surface area contributed by atoms with Gasteiger partial charge >= 0.3 is 0 Å². The average molecular weight is 295 g/mol. The van der Waals surface area contributed by atoms with Crippen molar-refractivity contribution < 1.29 is 4.79 Å². The summed E-state index contributed by atoms with van der Waals surface area (Å²) in [5, 5.41) is 9.55. The van der Waals surface area contributed by atoms with Gasteiger partial charge in [0, 0.05) is 13.0 Å². The first-order valence-electron chi connectivity index (χ1n) is 7.07. The maximum Gasteiger partial charge on any atom is 0.233 e. The molecule has 0 aromatic carbocycles. The first-order valence-corrected chi connectivity index (χ1v) is 7.48. The number of hydrogen-bond donors (Lipinski definition) is 3. The molecule has 1 aliphatic rings. The van der Waals surface area contributed by atoms with Crippen LogP contribution in [0.4, 0.5) is 0 Å². The third-order valence-corrected chi connectivity index (χ3v) is 4.34. The monoisotopic (exact) mass is 295 g/mol. The van der Waals surface area contributed by atoms with Crippen molar-refractivity contribution in [2.45, 2.75) is 44.9 Å². The van der Waals surface area contributed by atoms with Crippen molar-refractivity contribution in [3.05, 3.63) is 12.2 Å². The maximum absolute atomic E-state index is 12.4. The summed E-state index contributed by atoms with van der Waals surface area (Å²) >= 11 is 5.14. The highest BCUT2D eigenvalue weighted by Gasteiger charge is 2.41. The number of carbonyl (C=O) groups excluding carboxylic acids is 1. The third-order valence-electron chi connectivity index (χ3n) is 3.95. The SMILES string of the molecule is NC(=S)C1(C(=O)NCCCc2ncn[nH]2)CCCCC1. The van der Waals surface area contributed by atoms with Crippen LogP contribution in [0, 0.1) is 5.41 Å². The van der Waals surface area contributed by atoms with Crippen LogP contribution in [0.1, 0.15) is 44.3 Å². The summed E-state index contributed by atoms with van der Waals surface area (Å²) in [7, 11) is 0. The molecule has 6 nitrogen and oxygen atoms in total. The van der Waals surface area contributed by atoms with Gasteiger partial charge in [-0.05, 0) is 19.3 Å². The summed E-state index contributed by atoms with van der Waals surface area (Å²) in [6, 6.07) is 0. The molecule has 1 heterocycles. The summed E-state index contributed by atoms with van der Waals surface area (Å²) in [5.74, 6) is 0.822. The standard InChI is InChI=1S/C13H21N5OS/c14-11(20)13(6-2-1-3-7-13)12(19)15-8-4-5-10-16-9-17-18-10/h9H,1-8H2,(H2,14,20)(H,15,19)(H,16,17,18). The Bertz CT molecular complexity index is 453. The summed E-state index contributed by atoms with van der Waals surface area (Å²) in [5.41, 5.74) is 5.21. The molecule has 2 rings (SSSR count). The lowest BCUT2D eigenvalue weighted by atomic mass is 9.73. The van der Waals surface area contributed by atoms with Crippen LogP contribution >= 0.6 is 12.2 Å². The van der Waals surface area contributed by atoms with Gasteiger partial charge in [-0.15, -0.1) is 0 Å². The Morgan fingerprint density at radius 3 is 2.80 bits per heavy atom. The fraction of sp³-hybridized carbons (Fsp3) is 0.692. The van der Waals surface area contributed by atoms with Crippen LogP contribution in [0.2, 0.25) is 0 Å². The molecule has 0 atom stereocenters. The van der Waals surface area contributed by atoms with Crippen LogP contribution in [0.15, 0.2) is 6.33 Å². The van der Waals surface area contributed by atoms with Gasteiger partial charge in [-0.25, -0.2) is 4.98 Å². The predicted octanol–water partition coefficient (Wildman–Crippen LogP) is 1.09. The number of aromatic nitrogens is 3. The van der Waals surface area contributed by atoms with Gasteiger partial charge in [0.15, 0.2) is 0 Å². The average Bonchev–Trinajstić information content (AvgIpc) is 2.97. The van der Waals surface area contributed by atoms with E-state index in [1.54, 1.807) is 0 Å². The summed E-state index contributed by atoms with van der Waals surface area (Å²) in [6.07, 6.45) is 7.80. The van der Waals surface area contributed by atoms with Crippen LogP contribution in [0.5, 0.6) is 0 Å². The Labute approximate surface area is 123 Å². The highest BCUT2D eigenvalue weighted by molar-refractivity contribution is 7.80. The zero-order valence-electron chi connectivity index (χ0n) is 11.5. The van der Waals surface area contributed by atoms with Gasteiger partial charge in [-0.3, -0.25) is 9.89 Å². The van der Waals surface area contributed by atoms with E-state index in [1.807, 2.05) is 0 Å². The van der Waals surface area contributed by atoms with E-state index in [0.29, 0.717) is 11.5 Å². The topological polar surface area (TPSA) is 96.7 Å². The molecular weight excluding hydrogens is 274 g/mol. The van der Waals surface area contributed by atoms with Gasteiger partial charge in [0.05, 0.1) is 10.4 Å². The maximum atomic E-state index is 12.4. The van der Waals surface area contributed by atoms with Crippen molar-refractivity contribution in [2.75, 3.05) is 6.54 Å². The third kappa shape index (κ3) is 3.33. The summed E-state index contributed by atoms with van der Waals surface area (Å²) in [6.45, 7) is 0.601. The lowest BCUT2D eigenvalue weighted by molar-refractivity contribution is -0.128. The van der Waals surface area contributed by atoms with E-state index < -0.39 is 5.41 Å². The number of aromatic amines is 1. The Kier molecular flexibility index (Phi) is 5.05. The molecule has 0 radical (unpaired) electrons. The lowest BCUT2D eigenvalue weighted by Gasteiger charge is -2.34. The fourth-order valence-electron chi connectivity index (χ4n) is 2.72. The van der Waals surface area contributed by atoms with E-state index in [0.717, 1.165) is 50.8 Å². The minimum Gasteiger partial charge on any atom is -0.392 e. The molecular formula is C13H21N5OS. The molecule has 1 aliphatic carbocycles. The van der Waals surface area contributed by atoms with Gasteiger partial charge in [0.25, 0.3) is 0 Å². The molecule has 110 valence electrons. The molecule has 0 saturated heterocycles. The van der Waals surface area contributed by atoms with Gasteiger partial charge in [0.2, 0.25) is 5.91 Å². The summed E-state index contributed by atoms with van der Waals surface area (Å²) in [4.78, 5) is 16.8. The van der Waals surface area contributed by atoms with Crippen LogP contribution < -0.4 is 11.1 Å². The van der Waals surface area contributed by atoms with Crippen LogP contribution in [-0.4, -0.2) is 32.6 Å². The molecule has 1 aromatic heterocycles. The molecule has 0 bridgehead atoms. The van der Waals surface area contributed by atoms with Gasteiger partial charge in [0.1, 0.15) is 12.2 Å². The zero-order chi connectivity index (χ0) is 14.4. The van der Waals surface area contributed by atoms with Gasteiger partial charge in [-0.2, -0.15) is 5.10 Å². The van der Waals surface area contributed by atoms with Gasteiger partial charge in [-0.1, -0.05) is 31.5 Å². The smallest absolute Gasteiger partial charge is 0.233 e. The van der Waals surface area contributed by atoms with E-state index in [-0.39, 0.29) is 5.91 Å². The normalized spacial score (nSPS) is 17.6. The second kappa shape index (κ2) is 6.78. The molecule has 1 amide bonds. The Balaban J connectivity index is 1.81. The van der Waals surface area contributed by atoms with Crippen molar-refractivity contribution in [3.63, 3.8) is 0 Å². The minimum atomic E-state index is -0.625. The second-order valence-corrected chi connectivity index (χ2v) is 5.74. The van der Waals surface area contributed by atoms with Gasteiger partial charge < -0.3 is 11.1 Å². The number of nitrogens with zero attached hydrogens (tertiary/aromatic N) is 2. The van der Waals surface area contributed by atoms with Crippen molar-refractivity contribution >= 4 is 23.1 Å². The lowest BCUT2D eigenvalue weighted by Crippen LogP contribution is -2.50. The first kappa shape index (κ1) is 14.9. The largest absolute Gasteiger partial charge is 0.392 e. The number of carbonyl (C=O) groups is 1. The second-order valence-electron chi connectivity index (χ2n) is 5.30. The van der Waals surface area contributed by atoms with Crippen molar-refractivity contribution in [2.24, 2.45) is 11.1 Å². The van der Waals surface area contributed by atoms with E-state index in [2.05, 4.69) is 20.5 Å². The Hall–Kier alpha value is -1.50. The minimum absolute atomic E-state index is 0.0118. The first-order chi connectivity index (χ1) is 9.65. The summed E-state index contributed by atoms with van der Waals surface area (Å²) < 4.78 is 0. The van der Waals surface area contributed by atoms with Crippen molar-refractivity contribution in [1.82, 2.24) is 20.5 Å². The number of hydrogen-bond acceptors (Lipinski definition) is 4. The number of H-pyrrole nitrogens is 1. The number of aryl methyl sites for hydroxylation is 1. The molecule has 7 heteroatoms. The quantitative estimate of drug-likeness (QED) is 0.539. The molecule has 1 aromatic rings. The molecule has 4 N–H and O–H groups in total. The molecule has 20 heavy (non-hydrogen) atoms. The number of nitrogens with two attached hydrogens (primary N) is 1. The van der Waals surface area contributed by atoms with Crippen molar-refractivity contribution in [3.8, 4) is 0 Å². The number of amides is 1. The highest BCUT2D eigenvalue weighted by atomic mass is 32.1. The highest BCUT2D eigenvalue weighted by Crippen LogP contribution is 2.36. The molecule has 0 unspecified atom stereocenters. The number of nitrogens with one attached hydrogen (secondary N) is 2.